The van der Waals surface area contributed by atoms with Gasteiger partial charge in [-0.05, 0) is 0 Å². The first kappa shape index (κ1) is 13.4. The molecule has 0 radical (unpaired) electrons. The van der Waals surface area contributed by atoms with Gasteiger partial charge in [-0.1, -0.05) is 0 Å². The van der Waals surface area contributed by atoms with E-state index >= 15 is 0 Å². The number of esters is 1. The zero-order valence-corrected chi connectivity index (χ0v) is 13.2. The van der Waals surface area contributed by atoms with Gasteiger partial charge in [-0.15, -0.1) is 0 Å². The van der Waals surface area contributed by atoms with Crippen LogP contribution in [0.1, 0.15) is 38.0 Å². The number of aryl methyl sites for hydroxylation is 1. The molecule has 0 spiro atoms. The van der Waals surface area contributed by atoms with E-state index in [0.717, 1.165) is 16.7 Å². The third-order valence-electron chi connectivity index (χ3n) is 3.66. The summed E-state index contributed by atoms with van der Waals surface area (Å²) < 4.78 is 5.72. The van der Waals surface area contributed by atoms with Crippen molar-refractivity contribution >= 4 is 20.9 Å². The van der Waals surface area contributed by atoms with Crippen LogP contribution >= 0.6 is 0 Å². The van der Waals surface area contributed by atoms with Crippen molar-refractivity contribution in [1.29, 1.82) is 0 Å². The van der Waals surface area contributed by atoms with Crippen molar-refractivity contribution in [3.05, 3.63) is 70.8 Å². The third kappa shape index (κ3) is 2.28. The SMILES string of the molecule is C[Se][C@@H]1c2ccccc2C(=O)O[C@H]1c1ccc(C)cc1. The molecule has 0 N–H and O–H groups in total. The quantitative estimate of drug-likeness (QED) is 0.620. The summed E-state index contributed by atoms with van der Waals surface area (Å²) in [6.07, 6.45) is -0.150. The fourth-order valence-electron chi connectivity index (χ4n) is 2.58. The van der Waals surface area contributed by atoms with Gasteiger partial charge in [0.25, 0.3) is 0 Å². The Kier molecular flexibility index (Phi) is 3.64. The minimum atomic E-state index is -0.202. The first-order valence-corrected chi connectivity index (χ1v) is 9.30. The standard InChI is InChI=1S/C17H16O2Se/c1-11-7-9-12(10-8-11)15-16(20-2)13-5-3-4-6-14(13)17(18)19-15/h3-10,15-16H,1-2H3/t15-,16+/m0/s1. The zero-order chi connectivity index (χ0) is 14.1. The zero-order valence-electron chi connectivity index (χ0n) is 11.5. The Morgan fingerprint density at radius 1 is 1.05 bits per heavy atom. The second kappa shape index (κ2) is 5.43. The summed E-state index contributed by atoms with van der Waals surface area (Å²) in [6.45, 7) is 2.06. The van der Waals surface area contributed by atoms with Crippen molar-refractivity contribution in [3.8, 4) is 0 Å². The molecule has 0 bridgehead atoms. The molecule has 0 fully saturated rings. The first-order chi connectivity index (χ1) is 9.70. The Morgan fingerprint density at radius 3 is 2.45 bits per heavy atom. The molecule has 0 aliphatic carbocycles. The van der Waals surface area contributed by atoms with E-state index in [4.69, 9.17) is 4.74 Å². The molecule has 2 nitrogen and oxygen atoms in total. The summed E-state index contributed by atoms with van der Waals surface area (Å²) >= 11 is 0.367. The van der Waals surface area contributed by atoms with Crippen molar-refractivity contribution in [1.82, 2.24) is 0 Å². The van der Waals surface area contributed by atoms with E-state index in [9.17, 15) is 4.79 Å². The van der Waals surface area contributed by atoms with E-state index in [1.807, 2.05) is 18.2 Å². The van der Waals surface area contributed by atoms with Crippen molar-refractivity contribution in [2.24, 2.45) is 0 Å². The van der Waals surface area contributed by atoms with Crippen LogP contribution in [0.25, 0.3) is 0 Å². The van der Waals surface area contributed by atoms with E-state index in [-0.39, 0.29) is 12.1 Å². The average molecular weight is 331 g/mol. The molecule has 0 amide bonds. The van der Waals surface area contributed by atoms with E-state index in [1.54, 1.807) is 0 Å². The second-order valence-corrected chi connectivity index (χ2v) is 7.03. The molecule has 2 aromatic carbocycles. The van der Waals surface area contributed by atoms with E-state index in [2.05, 4.69) is 43.1 Å². The predicted octanol–water partition coefficient (Wildman–Crippen LogP) is 3.70. The van der Waals surface area contributed by atoms with Crippen LogP contribution in [0.4, 0.5) is 0 Å². The van der Waals surface area contributed by atoms with Gasteiger partial charge in [0.05, 0.1) is 0 Å². The molecule has 3 rings (SSSR count). The van der Waals surface area contributed by atoms with Gasteiger partial charge in [-0.2, -0.15) is 0 Å². The van der Waals surface area contributed by atoms with Gasteiger partial charge in [0.2, 0.25) is 0 Å². The van der Waals surface area contributed by atoms with Crippen molar-refractivity contribution in [3.63, 3.8) is 0 Å². The maximum absolute atomic E-state index is 12.2. The van der Waals surface area contributed by atoms with Gasteiger partial charge >= 0.3 is 125 Å². The second-order valence-electron chi connectivity index (χ2n) is 4.98. The average Bonchev–Trinajstić information content (AvgIpc) is 2.48. The van der Waals surface area contributed by atoms with Crippen LogP contribution in [-0.2, 0) is 4.74 Å². The fourth-order valence-corrected chi connectivity index (χ4v) is 4.51. The molecule has 0 unspecified atom stereocenters. The minimum absolute atomic E-state index is 0.150. The molecule has 1 heterocycles. The van der Waals surface area contributed by atoms with Crippen LogP contribution in [0.15, 0.2) is 48.5 Å². The van der Waals surface area contributed by atoms with Crippen molar-refractivity contribution in [2.45, 2.75) is 23.7 Å². The summed E-state index contributed by atoms with van der Waals surface area (Å²) in [7, 11) is 0. The molecular formula is C17H16O2Se. The van der Waals surface area contributed by atoms with E-state index < -0.39 is 0 Å². The number of rotatable bonds is 2. The molecule has 0 saturated carbocycles. The normalized spacial score (nSPS) is 21.2. The summed E-state index contributed by atoms with van der Waals surface area (Å²) in [6, 6.07) is 16.1. The van der Waals surface area contributed by atoms with Gasteiger partial charge in [-0.25, -0.2) is 0 Å². The number of carbonyl (C=O) groups excluding carboxylic acids is 1. The summed E-state index contributed by atoms with van der Waals surface area (Å²) in [5.41, 5.74) is 4.17. The third-order valence-corrected chi connectivity index (χ3v) is 5.77. The van der Waals surface area contributed by atoms with Gasteiger partial charge in [0.15, 0.2) is 0 Å². The Labute approximate surface area is 125 Å². The maximum atomic E-state index is 12.2. The molecule has 2 aromatic rings. The van der Waals surface area contributed by atoms with Gasteiger partial charge in [-0.3, -0.25) is 0 Å². The topological polar surface area (TPSA) is 26.3 Å². The number of carbonyl (C=O) groups is 1. The van der Waals surface area contributed by atoms with Crippen LogP contribution in [0.3, 0.4) is 0 Å². The molecule has 3 heteroatoms. The van der Waals surface area contributed by atoms with Crippen molar-refractivity contribution in [2.75, 3.05) is 0 Å². The van der Waals surface area contributed by atoms with E-state index in [1.165, 1.54) is 5.56 Å². The van der Waals surface area contributed by atoms with E-state index in [0.29, 0.717) is 19.8 Å². The monoisotopic (exact) mass is 332 g/mol. The number of ether oxygens (including phenoxy) is 1. The summed E-state index contributed by atoms with van der Waals surface area (Å²) in [5, 5.41) is 0. The van der Waals surface area contributed by atoms with Crippen molar-refractivity contribution < 1.29 is 9.53 Å². The summed E-state index contributed by atoms with van der Waals surface area (Å²) in [4.78, 5) is 12.5. The number of benzene rings is 2. The molecule has 102 valence electrons. The molecule has 1 aliphatic heterocycles. The molecule has 0 saturated heterocycles. The first-order valence-electron chi connectivity index (χ1n) is 6.60. The Bertz CT molecular complexity index is 634. The van der Waals surface area contributed by atoms with Gasteiger partial charge in [0.1, 0.15) is 0 Å². The number of fused-ring (bicyclic) bond motifs is 1. The molecule has 2 atom stereocenters. The fraction of sp³-hybridized carbons (Fsp3) is 0.235. The van der Waals surface area contributed by atoms with Crippen LogP contribution in [0.5, 0.6) is 0 Å². The molecular weight excluding hydrogens is 315 g/mol. The van der Waals surface area contributed by atoms with Crippen LogP contribution in [0.2, 0.25) is 5.82 Å². The number of cyclic esters (lactones) is 1. The van der Waals surface area contributed by atoms with Crippen LogP contribution in [0, 0.1) is 6.92 Å². The Hall–Kier alpha value is -1.57. The number of hydrogen-bond acceptors (Lipinski definition) is 2. The Morgan fingerprint density at radius 2 is 1.75 bits per heavy atom. The van der Waals surface area contributed by atoms with Crippen LogP contribution in [-0.4, -0.2) is 20.9 Å². The molecule has 1 aliphatic rings. The Balaban J connectivity index is 2.05. The summed E-state index contributed by atoms with van der Waals surface area (Å²) in [5.74, 6) is 2.00. The predicted molar refractivity (Wildman–Crippen MR) is 80.1 cm³/mol. The molecule has 0 aromatic heterocycles. The van der Waals surface area contributed by atoms with Crippen LogP contribution < -0.4 is 0 Å². The van der Waals surface area contributed by atoms with Gasteiger partial charge in [0, 0.05) is 0 Å². The molecule has 20 heavy (non-hydrogen) atoms. The van der Waals surface area contributed by atoms with Gasteiger partial charge < -0.3 is 0 Å². The number of hydrogen-bond donors (Lipinski definition) is 0.